The number of hydrogen-bond acceptors (Lipinski definition) is 0. The molecular weight excluding hydrogens is 275 g/mol. The largest absolute Gasteiger partial charge is 0.0864 e. The molecular formula is C10H21ISi. The van der Waals surface area contributed by atoms with Crippen LogP contribution in [0.15, 0.2) is 0 Å². The van der Waals surface area contributed by atoms with E-state index in [1.807, 2.05) is 0 Å². The lowest BCUT2D eigenvalue weighted by atomic mass is 10.2. The Morgan fingerprint density at radius 2 is 2.00 bits per heavy atom. The van der Waals surface area contributed by atoms with Crippen LogP contribution in [-0.2, 0) is 0 Å². The van der Waals surface area contributed by atoms with E-state index >= 15 is 0 Å². The molecule has 0 N–H and O–H groups in total. The van der Waals surface area contributed by atoms with Crippen LogP contribution >= 0.6 is 22.6 Å². The molecule has 1 aliphatic rings. The lowest BCUT2D eigenvalue weighted by Crippen LogP contribution is -2.33. The molecule has 1 rings (SSSR count). The first-order chi connectivity index (χ1) is 5.79. The van der Waals surface area contributed by atoms with Crippen LogP contribution in [0.5, 0.6) is 0 Å². The number of halogens is 1. The smallest absolute Gasteiger partial charge is 0.0561 e. The Balaban J connectivity index is 2.58. The quantitative estimate of drug-likeness (QED) is 0.408. The maximum Gasteiger partial charge on any atom is 0.0561 e. The van der Waals surface area contributed by atoms with Crippen molar-refractivity contribution in [2.75, 3.05) is 4.43 Å². The van der Waals surface area contributed by atoms with E-state index < -0.39 is 8.07 Å². The average molecular weight is 296 g/mol. The van der Waals surface area contributed by atoms with Crippen LogP contribution in [0, 0.1) is 0 Å². The predicted molar refractivity (Wildman–Crippen MR) is 68.0 cm³/mol. The molecule has 0 bridgehead atoms. The summed E-state index contributed by atoms with van der Waals surface area (Å²) in [5.41, 5.74) is 1.18. The van der Waals surface area contributed by atoms with Gasteiger partial charge in [-0.15, -0.1) is 0 Å². The van der Waals surface area contributed by atoms with E-state index in [1.54, 1.807) is 31.0 Å². The van der Waals surface area contributed by atoms with E-state index in [0.29, 0.717) is 0 Å². The van der Waals surface area contributed by atoms with E-state index in [0.717, 1.165) is 0 Å². The third-order valence-corrected chi connectivity index (χ3v) is 11.1. The lowest BCUT2D eigenvalue weighted by molar-refractivity contribution is 0.738. The van der Waals surface area contributed by atoms with Crippen LogP contribution in [0.3, 0.4) is 0 Å². The Morgan fingerprint density at radius 1 is 1.33 bits per heavy atom. The van der Waals surface area contributed by atoms with Crippen molar-refractivity contribution >= 4 is 30.7 Å². The highest BCUT2D eigenvalue weighted by Crippen LogP contribution is 2.46. The Bertz CT molecular complexity index is 132. The molecule has 0 aromatic heterocycles. The summed E-state index contributed by atoms with van der Waals surface area (Å²) >= 11 is 2.55. The molecule has 0 radical (unpaired) electrons. The fraction of sp³-hybridized carbons (Fsp3) is 1.00. The molecule has 0 saturated carbocycles. The first kappa shape index (κ1) is 11.0. The standard InChI is InChI=1S/C10H21ISi/c1-3-12(4-2)9-5-6-10(12)7-8-11/h10H,3-9H2,1-2H3. The maximum absolute atomic E-state index is 2.55. The average Bonchev–Trinajstić information content (AvgIpc) is 2.50. The predicted octanol–water partition coefficient (Wildman–Crippen LogP) is 4.46. The third-order valence-electron chi connectivity index (χ3n) is 3.96. The molecule has 1 aliphatic heterocycles. The Labute approximate surface area is 91.7 Å². The van der Waals surface area contributed by atoms with Crippen molar-refractivity contribution < 1.29 is 0 Å². The van der Waals surface area contributed by atoms with Gasteiger partial charge in [0, 0.05) is 0 Å². The Morgan fingerprint density at radius 3 is 2.50 bits per heavy atom. The molecule has 1 saturated heterocycles. The SMILES string of the molecule is CC[Si]1(CC)CCCC1CCI. The molecule has 1 heterocycles. The van der Waals surface area contributed by atoms with Gasteiger partial charge in [0.1, 0.15) is 0 Å². The zero-order valence-corrected chi connectivity index (χ0v) is 11.6. The second-order valence-electron chi connectivity index (χ2n) is 4.14. The molecule has 0 aromatic rings. The minimum absolute atomic E-state index is 0.735. The van der Waals surface area contributed by atoms with Gasteiger partial charge in [0.05, 0.1) is 8.07 Å². The van der Waals surface area contributed by atoms with Gasteiger partial charge in [0.15, 0.2) is 0 Å². The summed E-state index contributed by atoms with van der Waals surface area (Å²) < 4.78 is 1.39. The summed E-state index contributed by atoms with van der Waals surface area (Å²) in [5, 5.41) is 0. The summed E-state index contributed by atoms with van der Waals surface area (Å²) in [5.74, 6) is 0. The summed E-state index contributed by atoms with van der Waals surface area (Å²) in [6, 6.07) is 4.73. The van der Waals surface area contributed by atoms with Crippen molar-refractivity contribution in [3.05, 3.63) is 0 Å². The van der Waals surface area contributed by atoms with Crippen molar-refractivity contribution in [2.24, 2.45) is 0 Å². The van der Waals surface area contributed by atoms with E-state index in [4.69, 9.17) is 0 Å². The number of rotatable bonds is 4. The second-order valence-corrected chi connectivity index (χ2v) is 10.7. The fourth-order valence-corrected chi connectivity index (χ4v) is 9.56. The molecule has 1 atom stereocenters. The molecule has 0 nitrogen and oxygen atoms in total. The normalized spacial score (nSPS) is 27.8. The van der Waals surface area contributed by atoms with Crippen molar-refractivity contribution in [1.82, 2.24) is 0 Å². The lowest BCUT2D eigenvalue weighted by Gasteiger charge is -2.31. The summed E-state index contributed by atoms with van der Waals surface area (Å²) in [6.45, 7) is 4.89. The van der Waals surface area contributed by atoms with Crippen LogP contribution in [0.25, 0.3) is 0 Å². The van der Waals surface area contributed by atoms with E-state index in [1.165, 1.54) is 16.4 Å². The van der Waals surface area contributed by atoms with Gasteiger partial charge in [-0.1, -0.05) is 67.4 Å². The highest BCUT2D eigenvalue weighted by molar-refractivity contribution is 14.1. The van der Waals surface area contributed by atoms with E-state index in [9.17, 15) is 0 Å². The van der Waals surface area contributed by atoms with E-state index in [2.05, 4.69) is 36.4 Å². The zero-order valence-electron chi connectivity index (χ0n) is 8.41. The van der Waals surface area contributed by atoms with Crippen molar-refractivity contribution in [1.29, 1.82) is 0 Å². The van der Waals surface area contributed by atoms with Crippen LogP contribution in [0.1, 0.15) is 33.1 Å². The van der Waals surface area contributed by atoms with Crippen LogP contribution in [-0.4, -0.2) is 12.5 Å². The fourth-order valence-electron chi connectivity index (χ4n) is 2.97. The molecule has 0 amide bonds. The molecule has 1 unspecified atom stereocenters. The van der Waals surface area contributed by atoms with Crippen molar-refractivity contribution in [3.63, 3.8) is 0 Å². The molecule has 72 valence electrons. The molecule has 0 aromatic carbocycles. The Hall–Kier alpha value is 0.947. The monoisotopic (exact) mass is 296 g/mol. The first-order valence-corrected chi connectivity index (χ1v) is 9.57. The zero-order chi connectivity index (χ0) is 9.03. The first-order valence-electron chi connectivity index (χ1n) is 5.35. The summed E-state index contributed by atoms with van der Waals surface area (Å²) in [6.07, 6.45) is 4.64. The minimum atomic E-state index is -0.735. The van der Waals surface area contributed by atoms with Gasteiger partial charge in [0.2, 0.25) is 0 Å². The molecule has 12 heavy (non-hydrogen) atoms. The van der Waals surface area contributed by atoms with Gasteiger partial charge >= 0.3 is 0 Å². The second kappa shape index (κ2) is 4.98. The highest BCUT2D eigenvalue weighted by atomic mass is 127. The molecule has 2 heteroatoms. The Kier molecular flexibility index (Phi) is 4.58. The van der Waals surface area contributed by atoms with Gasteiger partial charge in [0.25, 0.3) is 0 Å². The van der Waals surface area contributed by atoms with Crippen LogP contribution < -0.4 is 0 Å². The topological polar surface area (TPSA) is 0 Å². The summed E-state index contributed by atoms with van der Waals surface area (Å²) in [7, 11) is -0.735. The van der Waals surface area contributed by atoms with Gasteiger partial charge < -0.3 is 0 Å². The van der Waals surface area contributed by atoms with Crippen molar-refractivity contribution in [2.45, 2.75) is 56.8 Å². The molecule has 1 fully saturated rings. The van der Waals surface area contributed by atoms with E-state index in [-0.39, 0.29) is 0 Å². The number of alkyl halides is 1. The molecule has 0 spiro atoms. The number of hydrogen-bond donors (Lipinski definition) is 0. The minimum Gasteiger partial charge on any atom is -0.0864 e. The van der Waals surface area contributed by atoms with Crippen molar-refractivity contribution in [3.8, 4) is 0 Å². The van der Waals surface area contributed by atoms with Gasteiger partial charge in [-0.05, 0) is 16.4 Å². The third kappa shape index (κ3) is 2.06. The van der Waals surface area contributed by atoms with Gasteiger partial charge in [-0.3, -0.25) is 0 Å². The van der Waals surface area contributed by atoms with Crippen LogP contribution in [0.4, 0.5) is 0 Å². The van der Waals surface area contributed by atoms with Crippen LogP contribution in [0.2, 0.25) is 23.7 Å². The summed E-state index contributed by atoms with van der Waals surface area (Å²) in [4.78, 5) is 0. The van der Waals surface area contributed by atoms with Gasteiger partial charge in [-0.2, -0.15) is 0 Å². The molecule has 0 aliphatic carbocycles. The highest BCUT2D eigenvalue weighted by Gasteiger charge is 2.40. The van der Waals surface area contributed by atoms with Gasteiger partial charge in [-0.25, -0.2) is 0 Å². The maximum atomic E-state index is 2.55.